The van der Waals surface area contributed by atoms with Crippen LogP contribution in [0.1, 0.15) is 26.5 Å². The zero-order valence-corrected chi connectivity index (χ0v) is 26.1. The molecule has 0 radical (unpaired) electrons. The molecular formula is C43H27N3O. The zero-order chi connectivity index (χ0) is 31.3. The minimum atomic E-state index is -0.133. The summed E-state index contributed by atoms with van der Waals surface area (Å²) in [7, 11) is 0. The van der Waals surface area contributed by atoms with Crippen LogP contribution < -0.4 is 5.56 Å². The van der Waals surface area contributed by atoms with Gasteiger partial charge in [-0.3, -0.25) is 9.20 Å². The van der Waals surface area contributed by atoms with Crippen LogP contribution in [0.15, 0.2) is 114 Å². The van der Waals surface area contributed by atoms with Crippen molar-refractivity contribution < 1.29 is 0 Å². The summed E-state index contributed by atoms with van der Waals surface area (Å²) in [6.45, 7) is 6.46. The van der Waals surface area contributed by atoms with Crippen LogP contribution in [0.2, 0.25) is 0 Å². The molecule has 0 saturated carbocycles. The SMILES string of the molecule is CC(C)(C)c1ccc2c(n1)nc1c3c4cc(-c5ccccc5)c5ccc6ccc7c(-c8ccccc8)cc(c3c(=O)n21)c1c7c6c5c41. The maximum absolute atomic E-state index is 14.9. The molecule has 8 aromatic carbocycles. The number of imidazole rings is 1. The largest absolute Gasteiger partial charge is 0.268 e. The van der Waals surface area contributed by atoms with Crippen molar-refractivity contribution in [1.82, 2.24) is 14.4 Å². The van der Waals surface area contributed by atoms with Gasteiger partial charge in [0.05, 0.1) is 10.9 Å². The van der Waals surface area contributed by atoms with Gasteiger partial charge in [0, 0.05) is 16.5 Å². The molecule has 0 aliphatic rings. The number of rotatable bonds is 2. The lowest BCUT2D eigenvalue weighted by atomic mass is 9.89. The number of fused-ring (bicyclic) bond motifs is 7. The first-order chi connectivity index (χ1) is 22.9. The molecule has 0 N–H and O–H groups in total. The van der Waals surface area contributed by atoms with E-state index in [1.165, 1.54) is 48.7 Å². The molecule has 220 valence electrons. The molecule has 11 aromatic rings. The van der Waals surface area contributed by atoms with Crippen LogP contribution >= 0.6 is 0 Å². The molecule has 0 amide bonds. The van der Waals surface area contributed by atoms with Crippen LogP contribution in [0.25, 0.3) is 104 Å². The Bertz CT molecular complexity index is 3090. The van der Waals surface area contributed by atoms with E-state index in [-0.39, 0.29) is 11.0 Å². The van der Waals surface area contributed by atoms with Crippen LogP contribution in [0, 0.1) is 0 Å². The molecule has 47 heavy (non-hydrogen) atoms. The summed E-state index contributed by atoms with van der Waals surface area (Å²) in [6, 6.07) is 38.9. The molecule has 0 spiro atoms. The minimum absolute atomic E-state index is 0.0347. The van der Waals surface area contributed by atoms with Crippen molar-refractivity contribution in [1.29, 1.82) is 0 Å². The molecule has 0 bridgehead atoms. The van der Waals surface area contributed by atoms with Crippen molar-refractivity contribution >= 4 is 81.4 Å². The van der Waals surface area contributed by atoms with Crippen LogP contribution in [-0.2, 0) is 5.41 Å². The van der Waals surface area contributed by atoms with Gasteiger partial charge >= 0.3 is 0 Å². The molecule has 3 heterocycles. The Morgan fingerprint density at radius 3 is 1.66 bits per heavy atom. The predicted molar refractivity (Wildman–Crippen MR) is 196 cm³/mol. The first-order valence-electron chi connectivity index (χ1n) is 16.2. The maximum atomic E-state index is 14.9. The summed E-state index contributed by atoms with van der Waals surface area (Å²) in [5.74, 6) is 0. The summed E-state index contributed by atoms with van der Waals surface area (Å²) < 4.78 is 1.81. The molecule has 4 nitrogen and oxygen atoms in total. The third kappa shape index (κ3) is 3.01. The second-order valence-corrected chi connectivity index (χ2v) is 14.1. The Balaban J connectivity index is 1.45. The summed E-state index contributed by atoms with van der Waals surface area (Å²) >= 11 is 0. The van der Waals surface area contributed by atoms with E-state index in [0.29, 0.717) is 11.3 Å². The fraction of sp³-hybridized carbons (Fsp3) is 0.0930. The van der Waals surface area contributed by atoms with Crippen LogP contribution in [0.4, 0.5) is 0 Å². The van der Waals surface area contributed by atoms with Gasteiger partial charge in [-0.2, -0.15) is 0 Å². The Hall–Kier alpha value is -5.87. The third-order valence-electron chi connectivity index (χ3n) is 10.5. The van der Waals surface area contributed by atoms with E-state index in [2.05, 4.69) is 118 Å². The molecule has 0 unspecified atom stereocenters. The van der Waals surface area contributed by atoms with Crippen LogP contribution in [0.3, 0.4) is 0 Å². The van der Waals surface area contributed by atoms with Crippen LogP contribution in [-0.4, -0.2) is 14.4 Å². The fourth-order valence-electron chi connectivity index (χ4n) is 8.46. The number of aromatic nitrogens is 3. The van der Waals surface area contributed by atoms with Crippen LogP contribution in [0.5, 0.6) is 0 Å². The van der Waals surface area contributed by atoms with Crippen molar-refractivity contribution in [2.24, 2.45) is 0 Å². The number of hydrogen-bond donors (Lipinski definition) is 0. The van der Waals surface area contributed by atoms with Crippen molar-refractivity contribution in [3.8, 4) is 22.3 Å². The molecule has 0 aliphatic heterocycles. The van der Waals surface area contributed by atoms with Gasteiger partial charge in [-0.05, 0) is 100 Å². The topological polar surface area (TPSA) is 47.3 Å². The summed E-state index contributed by atoms with van der Waals surface area (Å²) in [4.78, 5) is 25.0. The average molecular weight is 602 g/mol. The number of hydrogen-bond acceptors (Lipinski definition) is 3. The van der Waals surface area contributed by atoms with E-state index in [0.717, 1.165) is 49.4 Å². The minimum Gasteiger partial charge on any atom is -0.268 e. The van der Waals surface area contributed by atoms with Crippen molar-refractivity contribution in [3.63, 3.8) is 0 Å². The highest BCUT2D eigenvalue weighted by Crippen LogP contribution is 2.54. The molecular weight excluding hydrogens is 574 g/mol. The van der Waals surface area contributed by atoms with E-state index in [1.54, 1.807) is 0 Å². The van der Waals surface area contributed by atoms with Gasteiger partial charge in [0.15, 0.2) is 11.3 Å². The lowest BCUT2D eigenvalue weighted by Crippen LogP contribution is -2.13. The summed E-state index contributed by atoms with van der Waals surface area (Å²) in [5, 5.41) is 13.6. The van der Waals surface area contributed by atoms with E-state index in [1.807, 2.05) is 16.5 Å². The maximum Gasteiger partial charge on any atom is 0.265 e. The smallest absolute Gasteiger partial charge is 0.265 e. The van der Waals surface area contributed by atoms with Gasteiger partial charge in [-0.1, -0.05) is 106 Å². The number of pyridine rings is 1. The fourth-order valence-corrected chi connectivity index (χ4v) is 8.46. The Morgan fingerprint density at radius 2 is 1.09 bits per heavy atom. The second kappa shape index (κ2) is 8.28. The number of benzene rings is 7. The van der Waals surface area contributed by atoms with Gasteiger partial charge in [0.1, 0.15) is 0 Å². The Morgan fingerprint density at radius 1 is 0.532 bits per heavy atom. The zero-order valence-electron chi connectivity index (χ0n) is 26.1. The van der Waals surface area contributed by atoms with Gasteiger partial charge < -0.3 is 0 Å². The molecule has 3 aromatic heterocycles. The lowest BCUT2D eigenvalue weighted by molar-refractivity contribution is 0.571. The van der Waals surface area contributed by atoms with Gasteiger partial charge in [-0.15, -0.1) is 0 Å². The lowest BCUT2D eigenvalue weighted by Gasteiger charge is -2.16. The molecule has 11 rings (SSSR count). The van der Waals surface area contributed by atoms with E-state index >= 15 is 0 Å². The first-order valence-corrected chi connectivity index (χ1v) is 16.2. The van der Waals surface area contributed by atoms with Crippen molar-refractivity contribution in [2.75, 3.05) is 0 Å². The first kappa shape index (κ1) is 25.3. The molecule has 0 atom stereocenters. The summed E-state index contributed by atoms with van der Waals surface area (Å²) in [5.41, 5.74) is 7.45. The quantitative estimate of drug-likeness (QED) is 0.185. The van der Waals surface area contributed by atoms with Crippen molar-refractivity contribution in [2.45, 2.75) is 26.2 Å². The second-order valence-electron chi connectivity index (χ2n) is 14.1. The Kier molecular flexibility index (Phi) is 4.47. The monoisotopic (exact) mass is 601 g/mol. The van der Waals surface area contributed by atoms with E-state index in [4.69, 9.17) is 9.97 Å². The van der Waals surface area contributed by atoms with E-state index < -0.39 is 0 Å². The highest BCUT2D eigenvalue weighted by molar-refractivity contribution is 6.50. The standard InChI is InChI=1S/C43H27N3O/c1-43(2,3)32-19-18-31-40(44-32)45-41-38-29-20-27(22-10-6-4-7-11-22)25-16-14-24-15-17-26-28(23-12-8-5-9-13-23)21-30(39(38)42(47)46(31)41)37-35(26)33(24)34(25)36(29)37/h4-21H,1-3H3. The highest BCUT2D eigenvalue weighted by Gasteiger charge is 2.30. The highest BCUT2D eigenvalue weighted by atomic mass is 16.1. The van der Waals surface area contributed by atoms with Gasteiger partial charge in [0.25, 0.3) is 5.56 Å². The molecule has 0 aliphatic carbocycles. The number of nitrogens with zero attached hydrogens (tertiary/aromatic N) is 3. The van der Waals surface area contributed by atoms with Gasteiger partial charge in [-0.25, -0.2) is 9.97 Å². The molecule has 0 fully saturated rings. The molecule has 4 heteroatoms. The van der Waals surface area contributed by atoms with Gasteiger partial charge in [0.2, 0.25) is 0 Å². The van der Waals surface area contributed by atoms with E-state index in [9.17, 15) is 4.79 Å². The normalized spacial score (nSPS) is 13.1. The third-order valence-corrected chi connectivity index (χ3v) is 10.5. The summed E-state index contributed by atoms with van der Waals surface area (Å²) in [6.07, 6.45) is 0. The van der Waals surface area contributed by atoms with Crippen molar-refractivity contribution in [3.05, 3.63) is 125 Å². The Labute approximate surface area is 268 Å². The average Bonchev–Trinajstić information content (AvgIpc) is 3.74. The predicted octanol–water partition coefficient (Wildman–Crippen LogP) is 10.5. The molecule has 0 saturated heterocycles.